The van der Waals surface area contributed by atoms with Crippen molar-refractivity contribution in [3.63, 3.8) is 0 Å². The number of nitrogens with zero attached hydrogens (tertiary/aromatic N) is 2. The number of para-hydroxylation sites is 1. The molecule has 3 aromatic rings. The zero-order valence-electron chi connectivity index (χ0n) is 14.5. The zero-order valence-corrected chi connectivity index (χ0v) is 15.2. The van der Waals surface area contributed by atoms with Crippen molar-refractivity contribution >= 4 is 11.6 Å². The van der Waals surface area contributed by atoms with Gasteiger partial charge in [-0.2, -0.15) is 0 Å². The van der Waals surface area contributed by atoms with E-state index >= 15 is 0 Å². The lowest BCUT2D eigenvalue weighted by atomic mass is 10.2. The highest BCUT2D eigenvalue weighted by molar-refractivity contribution is 6.30. The summed E-state index contributed by atoms with van der Waals surface area (Å²) < 4.78 is 16.4. The first-order valence-corrected chi connectivity index (χ1v) is 9.41. The lowest BCUT2D eigenvalue weighted by Crippen LogP contribution is -2.26. The van der Waals surface area contributed by atoms with Crippen LogP contribution in [0.2, 0.25) is 5.02 Å². The minimum atomic E-state index is -0.261. The number of aromatic nitrogens is 2. The van der Waals surface area contributed by atoms with Gasteiger partial charge in [0.15, 0.2) is 0 Å². The zero-order chi connectivity index (χ0) is 17.9. The molecular formula is C21H21ClFN3. The first-order chi connectivity index (χ1) is 12.7. The second kappa shape index (κ2) is 7.60. The van der Waals surface area contributed by atoms with Crippen LogP contribution < -0.4 is 5.32 Å². The Labute approximate surface area is 157 Å². The van der Waals surface area contributed by atoms with Gasteiger partial charge in [0.05, 0.1) is 17.6 Å². The molecule has 0 atom stereocenters. The average molecular weight is 370 g/mol. The summed E-state index contributed by atoms with van der Waals surface area (Å²) in [5.74, 6) is 0.456. The fourth-order valence-corrected chi connectivity index (χ4v) is 3.72. The largest absolute Gasteiger partial charge is 0.308 e. The molecule has 5 heteroatoms. The second-order valence-electron chi connectivity index (χ2n) is 6.73. The Balaban J connectivity index is 1.74. The van der Waals surface area contributed by atoms with E-state index in [4.69, 9.17) is 11.6 Å². The van der Waals surface area contributed by atoms with Crippen LogP contribution in [0.15, 0.2) is 54.7 Å². The summed E-state index contributed by atoms with van der Waals surface area (Å²) in [6.45, 7) is 0.666. The van der Waals surface area contributed by atoms with Gasteiger partial charge in [0.1, 0.15) is 11.6 Å². The molecule has 3 nitrogen and oxygen atoms in total. The summed E-state index contributed by atoms with van der Waals surface area (Å²) in [6, 6.07) is 14.8. The minimum absolute atomic E-state index is 0.261. The van der Waals surface area contributed by atoms with Crippen molar-refractivity contribution in [1.82, 2.24) is 14.9 Å². The highest BCUT2D eigenvalue weighted by Crippen LogP contribution is 2.27. The molecule has 1 heterocycles. The van der Waals surface area contributed by atoms with Gasteiger partial charge in [-0.3, -0.25) is 4.57 Å². The van der Waals surface area contributed by atoms with E-state index in [0.717, 1.165) is 17.1 Å². The van der Waals surface area contributed by atoms with Crippen LogP contribution in [0.1, 0.15) is 31.4 Å². The van der Waals surface area contributed by atoms with Gasteiger partial charge in [-0.1, -0.05) is 36.6 Å². The van der Waals surface area contributed by atoms with Gasteiger partial charge in [0.2, 0.25) is 0 Å². The number of benzene rings is 2. The van der Waals surface area contributed by atoms with Crippen LogP contribution in [-0.2, 0) is 6.54 Å². The van der Waals surface area contributed by atoms with Gasteiger partial charge in [-0.05, 0) is 49.2 Å². The van der Waals surface area contributed by atoms with Crippen LogP contribution in [0.25, 0.3) is 17.1 Å². The standard InChI is InChI=1S/C21H21ClFN3/c22-16-11-9-15(10-12-16)21-25-14-18(13-24-17-5-1-2-6-17)26(21)20-8-4-3-7-19(20)23/h3-4,7-12,14,17,24H,1-2,5-6,13H2. The number of nitrogens with one attached hydrogen (secondary N) is 1. The van der Waals surface area contributed by atoms with E-state index in [9.17, 15) is 4.39 Å². The van der Waals surface area contributed by atoms with Crippen LogP contribution in [0, 0.1) is 5.82 Å². The van der Waals surface area contributed by atoms with Crippen LogP contribution >= 0.6 is 11.6 Å². The normalized spacial score (nSPS) is 14.8. The molecule has 1 aromatic heterocycles. The molecule has 0 radical (unpaired) electrons. The molecule has 134 valence electrons. The second-order valence-corrected chi connectivity index (χ2v) is 7.17. The Bertz CT molecular complexity index is 883. The van der Waals surface area contributed by atoms with Crippen molar-refractivity contribution in [1.29, 1.82) is 0 Å². The highest BCUT2D eigenvalue weighted by atomic mass is 35.5. The Morgan fingerprint density at radius 1 is 1.08 bits per heavy atom. The molecular weight excluding hydrogens is 349 g/mol. The van der Waals surface area contributed by atoms with Crippen molar-refractivity contribution in [3.05, 3.63) is 71.3 Å². The molecule has 0 unspecified atom stereocenters. The fourth-order valence-electron chi connectivity index (χ4n) is 3.60. The van der Waals surface area contributed by atoms with Crippen LogP contribution in [0.4, 0.5) is 4.39 Å². The van der Waals surface area contributed by atoms with E-state index in [2.05, 4.69) is 10.3 Å². The number of rotatable bonds is 5. The monoisotopic (exact) mass is 369 g/mol. The van der Waals surface area contributed by atoms with Gasteiger partial charge in [-0.25, -0.2) is 9.37 Å². The molecule has 1 saturated carbocycles. The molecule has 26 heavy (non-hydrogen) atoms. The maximum atomic E-state index is 14.5. The van der Waals surface area contributed by atoms with Gasteiger partial charge in [-0.15, -0.1) is 0 Å². The van der Waals surface area contributed by atoms with E-state index in [-0.39, 0.29) is 5.82 Å². The molecule has 1 fully saturated rings. The molecule has 0 spiro atoms. The first kappa shape index (κ1) is 17.3. The van der Waals surface area contributed by atoms with E-state index in [1.807, 2.05) is 41.1 Å². The van der Waals surface area contributed by atoms with Gasteiger partial charge in [0, 0.05) is 23.2 Å². The topological polar surface area (TPSA) is 29.9 Å². The number of hydrogen-bond donors (Lipinski definition) is 1. The predicted molar refractivity (Wildman–Crippen MR) is 103 cm³/mol. The Morgan fingerprint density at radius 3 is 2.54 bits per heavy atom. The molecule has 0 amide bonds. The van der Waals surface area contributed by atoms with Crippen molar-refractivity contribution < 1.29 is 4.39 Å². The Hall–Kier alpha value is -2.17. The Morgan fingerprint density at radius 2 is 1.81 bits per heavy atom. The quantitative estimate of drug-likeness (QED) is 0.655. The lowest BCUT2D eigenvalue weighted by Gasteiger charge is -2.16. The summed E-state index contributed by atoms with van der Waals surface area (Å²) in [4.78, 5) is 4.59. The van der Waals surface area contributed by atoms with E-state index in [0.29, 0.717) is 23.3 Å². The minimum Gasteiger partial charge on any atom is -0.308 e. The Kier molecular flexibility index (Phi) is 5.05. The molecule has 0 bridgehead atoms. The molecule has 0 saturated heterocycles. The van der Waals surface area contributed by atoms with Crippen molar-refractivity contribution in [2.75, 3.05) is 0 Å². The number of halogens is 2. The summed E-state index contributed by atoms with van der Waals surface area (Å²) in [7, 11) is 0. The number of hydrogen-bond acceptors (Lipinski definition) is 2. The summed E-state index contributed by atoms with van der Waals surface area (Å²) in [5, 5.41) is 4.26. The first-order valence-electron chi connectivity index (χ1n) is 9.03. The molecule has 1 aliphatic rings. The van der Waals surface area contributed by atoms with E-state index in [1.165, 1.54) is 31.7 Å². The lowest BCUT2D eigenvalue weighted by molar-refractivity contribution is 0.515. The maximum absolute atomic E-state index is 14.5. The molecule has 1 aliphatic carbocycles. The van der Waals surface area contributed by atoms with Crippen LogP contribution in [0.5, 0.6) is 0 Å². The van der Waals surface area contributed by atoms with E-state index in [1.54, 1.807) is 12.1 Å². The smallest absolute Gasteiger partial charge is 0.147 e. The average Bonchev–Trinajstić information content (AvgIpc) is 3.31. The molecule has 2 aromatic carbocycles. The van der Waals surface area contributed by atoms with Crippen molar-refractivity contribution in [2.45, 2.75) is 38.3 Å². The van der Waals surface area contributed by atoms with Gasteiger partial charge in [0.25, 0.3) is 0 Å². The van der Waals surface area contributed by atoms with Gasteiger partial charge >= 0.3 is 0 Å². The highest BCUT2D eigenvalue weighted by Gasteiger charge is 2.19. The third kappa shape index (κ3) is 3.53. The van der Waals surface area contributed by atoms with Crippen molar-refractivity contribution in [3.8, 4) is 17.1 Å². The van der Waals surface area contributed by atoms with E-state index < -0.39 is 0 Å². The summed E-state index contributed by atoms with van der Waals surface area (Å²) in [5.41, 5.74) is 2.37. The third-order valence-corrected chi connectivity index (χ3v) is 5.21. The molecule has 1 N–H and O–H groups in total. The molecule has 4 rings (SSSR count). The van der Waals surface area contributed by atoms with Crippen molar-refractivity contribution in [2.24, 2.45) is 0 Å². The van der Waals surface area contributed by atoms with Crippen LogP contribution in [0.3, 0.4) is 0 Å². The van der Waals surface area contributed by atoms with Crippen LogP contribution in [-0.4, -0.2) is 15.6 Å². The predicted octanol–water partition coefficient (Wildman–Crippen LogP) is 5.36. The summed E-state index contributed by atoms with van der Waals surface area (Å²) in [6.07, 6.45) is 6.80. The maximum Gasteiger partial charge on any atom is 0.147 e. The third-order valence-electron chi connectivity index (χ3n) is 4.96. The number of imidazole rings is 1. The molecule has 0 aliphatic heterocycles. The fraction of sp³-hybridized carbons (Fsp3) is 0.286. The summed E-state index contributed by atoms with van der Waals surface area (Å²) >= 11 is 6.01. The SMILES string of the molecule is Fc1ccccc1-n1c(CNC2CCCC2)cnc1-c1ccc(Cl)cc1. The van der Waals surface area contributed by atoms with Gasteiger partial charge < -0.3 is 5.32 Å².